The van der Waals surface area contributed by atoms with Crippen LogP contribution >= 0.6 is 0 Å². The van der Waals surface area contributed by atoms with Gasteiger partial charge in [-0.25, -0.2) is 4.21 Å². The fraction of sp³-hybridized carbons (Fsp3) is 0.125. The average molecular weight is 214 g/mol. The minimum atomic E-state index is -2.72. The third-order valence-electron chi connectivity index (χ3n) is 1.49. The van der Waals surface area contributed by atoms with Gasteiger partial charge in [0, 0.05) is 5.56 Å². The molecule has 0 N–H and O–H groups in total. The molecule has 1 unspecified atom stereocenters. The number of benzene rings is 1. The lowest BCUT2D eigenvalue weighted by molar-refractivity contribution is -0.0297. The van der Waals surface area contributed by atoms with Gasteiger partial charge in [0.15, 0.2) is 0 Å². The Balaban J connectivity index is 2.89. The van der Waals surface area contributed by atoms with Crippen molar-refractivity contribution in [1.82, 2.24) is 4.47 Å². The molecule has 6 heteroatoms. The number of carbonyl (C=O) groups is 1. The van der Waals surface area contributed by atoms with Crippen molar-refractivity contribution in [3.8, 4) is 0 Å². The molecule has 0 aliphatic carbocycles. The quantitative estimate of drug-likeness (QED) is 0.542. The predicted octanol–water partition coefficient (Wildman–Crippen LogP) is 0.484. The third-order valence-corrected chi connectivity index (χ3v) is 2.07. The molecule has 0 fully saturated rings. The van der Waals surface area contributed by atoms with Gasteiger partial charge in [-0.2, -0.15) is 0 Å². The molecule has 76 valence electrons. The molecular formula is C8H8NO4S-. The summed E-state index contributed by atoms with van der Waals surface area (Å²) in [5, 5.41) is 0. The van der Waals surface area contributed by atoms with E-state index >= 15 is 0 Å². The van der Waals surface area contributed by atoms with Crippen molar-refractivity contribution in [3.63, 3.8) is 0 Å². The molecule has 0 aliphatic heterocycles. The number of rotatable bonds is 3. The van der Waals surface area contributed by atoms with Gasteiger partial charge in [-0.3, -0.25) is 9.63 Å². The summed E-state index contributed by atoms with van der Waals surface area (Å²) in [5.41, 5.74) is 0.249. The number of hydrogen-bond acceptors (Lipinski definition) is 4. The summed E-state index contributed by atoms with van der Waals surface area (Å²) in [6.07, 6.45) is 0. The van der Waals surface area contributed by atoms with Crippen molar-refractivity contribution < 1.29 is 18.4 Å². The molecule has 1 atom stereocenters. The van der Waals surface area contributed by atoms with Crippen molar-refractivity contribution in [2.45, 2.75) is 0 Å². The van der Waals surface area contributed by atoms with Crippen LogP contribution in [0.4, 0.5) is 0 Å². The molecule has 5 nitrogen and oxygen atoms in total. The van der Waals surface area contributed by atoms with Gasteiger partial charge in [-0.05, 0) is 12.1 Å². The molecule has 1 aromatic carbocycles. The Morgan fingerprint density at radius 2 is 2.00 bits per heavy atom. The van der Waals surface area contributed by atoms with Crippen LogP contribution in [0, 0.1) is 0 Å². The first-order chi connectivity index (χ1) is 6.66. The summed E-state index contributed by atoms with van der Waals surface area (Å²) in [7, 11) is 1.11. The number of amides is 1. The number of carbonyl (C=O) groups excluding carboxylic acids is 1. The highest BCUT2D eigenvalue weighted by atomic mass is 32.2. The van der Waals surface area contributed by atoms with Crippen LogP contribution in [0.15, 0.2) is 30.3 Å². The van der Waals surface area contributed by atoms with Gasteiger partial charge >= 0.3 is 0 Å². The maximum absolute atomic E-state index is 11.4. The zero-order valence-electron chi connectivity index (χ0n) is 7.38. The highest BCUT2D eigenvalue weighted by molar-refractivity contribution is 7.77. The highest BCUT2D eigenvalue weighted by Gasteiger charge is 2.15. The Morgan fingerprint density at radius 1 is 1.43 bits per heavy atom. The van der Waals surface area contributed by atoms with Gasteiger partial charge in [-0.1, -0.05) is 18.2 Å². The lowest BCUT2D eigenvalue weighted by Crippen LogP contribution is -2.31. The van der Waals surface area contributed by atoms with E-state index < -0.39 is 17.2 Å². The van der Waals surface area contributed by atoms with Gasteiger partial charge in [-0.15, -0.1) is 4.47 Å². The molecule has 0 bridgehead atoms. The summed E-state index contributed by atoms with van der Waals surface area (Å²) < 4.78 is 21.3. The van der Waals surface area contributed by atoms with Crippen LogP contribution in [-0.4, -0.2) is 26.2 Å². The minimum absolute atomic E-state index is 0.249. The second-order valence-corrected chi connectivity index (χ2v) is 3.09. The zero-order chi connectivity index (χ0) is 10.6. The smallest absolute Gasteiger partial charge is 0.289 e. The standard InChI is InChI=1S/C8H9NO4S/c1-13-9(14(11)12)8(10)7-5-3-2-4-6-7/h2-6H,1H3,(H,11,12)/p-1. The van der Waals surface area contributed by atoms with E-state index in [0.29, 0.717) is 0 Å². The van der Waals surface area contributed by atoms with Crippen LogP contribution in [0.25, 0.3) is 0 Å². The Kier molecular flexibility index (Phi) is 3.75. The molecule has 1 aromatic rings. The Labute approximate surface area is 83.7 Å². The maximum Gasteiger partial charge on any atom is 0.289 e. The Hall–Kier alpha value is -1.24. The Bertz CT molecular complexity index is 340. The van der Waals surface area contributed by atoms with E-state index in [4.69, 9.17) is 0 Å². The maximum atomic E-state index is 11.4. The van der Waals surface area contributed by atoms with Crippen molar-refractivity contribution in [2.24, 2.45) is 0 Å². The van der Waals surface area contributed by atoms with Crippen molar-refractivity contribution in [3.05, 3.63) is 35.9 Å². The zero-order valence-corrected chi connectivity index (χ0v) is 8.19. The molecule has 0 aliphatic rings. The van der Waals surface area contributed by atoms with Gasteiger partial charge in [0.2, 0.25) is 0 Å². The first-order valence-electron chi connectivity index (χ1n) is 3.70. The van der Waals surface area contributed by atoms with E-state index in [2.05, 4.69) is 4.84 Å². The minimum Gasteiger partial charge on any atom is -0.753 e. The molecule has 0 heterocycles. The van der Waals surface area contributed by atoms with Crippen LogP contribution in [0.1, 0.15) is 10.4 Å². The predicted molar refractivity (Wildman–Crippen MR) is 48.5 cm³/mol. The van der Waals surface area contributed by atoms with Crippen LogP contribution < -0.4 is 0 Å². The highest BCUT2D eigenvalue weighted by Crippen LogP contribution is 2.05. The SMILES string of the molecule is CON(C(=O)c1ccccc1)S(=O)[O-]. The summed E-state index contributed by atoms with van der Waals surface area (Å²) in [4.78, 5) is 15.8. The molecule has 0 radical (unpaired) electrons. The fourth-order valence-electron chi connectivity index (χ4n) is 0.898. The molecule has 0 saturated heterocycles. The van der Waals surface area contributed by atoms with Gasteiger partial charge < -0.3 is 4.55 Å². The monoisotopic (exact) mass is 214 g/mol. The second kappa shape index (κ2) is 4.85. The van der Waals surface area contributed by atoms with Gasteiger partial charge in [0.25, 0.3) is 5.91 Å². The summed E-state index contributed by atoms with van der Waals surface area (Å²) >= 11 is -2.72. The van der Waals surface area contributed by atoms with E-state index in [0.717, 1.165) is 7.11 Å². The molecular weight excluding hydrogens is 206 g/mol. The van der Waals surface area contributed by atoms with E-state index in [1.807, 2.05) is 0 Å². The van der Waals surface area contributed by atoms with Crippen LogP contribution in [0.3, 0.4) is 0 Å². The largest absolute Gasteiger partial charge is 0.753 e. The first-order valence-corrected chi connectivity index (χ1v) is 4.73. The third kappa shape index (κ3) is 2.38. The molecule has 0 spiro atoms. The molecule has 0 aromatic heterocycles. The molecule has 1 rings (SSSR count). The fourth-order valence-corrected chi connectivity index (χ4v) is 1.26. The lowest BCUT2D eigenvalue weighted by atomic mass is 10.2. The number of nitrogens with zero attached hydrogens (tertiary/aromatic N) is 1. The molecule has 0 saturated carbocycles. The van der Waals surface area contributed by atoms with Gasteiger partial charge in [0.1, 0.15) is 0 Å². The summed E-state index contributed by atoms with van der Waals surface area (Å²) in [6.45, 7) is 0. The van der Waals surface area contributed by atoms with E-state index in [-0.39, 0.29) is 10.0 Å². The first kappa shape index (κ1) is 10.8. The van der Waals surface area contributed by atoms with Crippen LogP contribution in [-0.2, 0) is 16.1 Å². The normalized spacial score (nSPS) is 12.1. The average Bonchev–Trinajstić information content (AvgIpc) is 2.19. The van der Waals surface area contributed by atoms with E-state index in [1.165, 1.54) is 12.1 Å². The summed E-state index contributed by atoms with van der Waals surface area (Å²) in [5.74, 6) is -0.721. The molecule has 1 amide bonds. The molecule has 14 heavy (non-hydrogen) atoms. The van der Waals surface area contributed by atoms with E-state index in [9.17, 15) is 13.6 Å². The number of hydroxylamine groups is 1. The van der Waals surface area contributed by atoms with Crippen LogP contribution in [0.5, 0.6) is 0 Å². The van der Waals surface area contributed by atoms with Crippen molar-refractivity contribution in [2.75, 3.05) is 7.11 Å². The number of hydrogen-bond donors (Lipinski definition) is 0. The second-order valence-electron chi connectivity index (χ2n) is 2.33. The van der Waals surface area contributed by atoms with Crippen molar-refractivity contribution in [1.29, 1.82) is 0 Å². The van der Waals surface area contributed by atoms with Crippen molar-refractivity contribution >= 4 is 17.2 Å². The Morgan fingerprint density at radius 3 is 2.43 bits per heavy atom. The topological polar surface area (TPSA) is 69.7 Å². The lowest BCUT2D eigenvalue weighted by Gasteiger charge is -2.20. The summed E-state index contributed by atoms with van der Waals surface area (Å²) in [6, 6.07) is 7.99. The van der Waals surface area contributed by atoms with Gasteiger partial charge in [0.05, 0.1) is 18.4 Å². The van der Waals surface area contributed by atoms with E-state index in [1.54, 1.807) is 18.2 Å². The van der Waals surface area contributed by atoms with Crippen LogP contribution in [0.2, 0.25) is 0 Å².